The molecule has 2 aromatic heterocycles. The molecule has 0 spiro atoms. The molecule has 0 unspecified atom stereocenters. The lowest BCUT2D eigenvalue weighted by Gasteiger charge is -2.14. The molecule has 0 aliphatic carbocycles. The third-order valence-electron chi connectivity index (χ3n) is 4.88. The van der Waals surface area contributed by atoms with Crippen LogP contribution in [0.25, 0.3) is 11.6 Å². The molecule has 0 amide bonds. The summed E-state index contributed by atoms with van der Waals surface area (Å²) in [6, 6.07) is 10.7. The van der Waals surface area contributed by atoms with Gasteiger partial charge in [0.05, 0.1) is 18.4 Å². The summed E-state index contributed by atoms with van der Waals surface area (Å²) in [5.74, 6) is 1.64. The quantitative estimate of drug-likeness (QED) is 0.692. The summed E-state index contributed by atoms with van der Waals surface area (Å²) in [4.78, 5) is 6.60. The van der Waals surface area contributed by atoms with Crippen molar-refractivity contribution >= 4 is 0 Å². The minimum absolute atomic E-state index is 0.339. The molecule has 6 heteroatoms. The Bertz CT molecular complexity index is 810. The normalized spacial score (nSPS) is 18.0. The van der Waals surface area contributed by atoms with Gasteiger partial charge < -0.3 is 13.9 Å². The van der Waals surface area contributed by atoms with E-state index >= 15 is 0 Å². The molecule has 1 atom stereocenters. The number of nitrogens with zero attached hydrogens (tertiary/aromatic N) is 5. The first-order valence-electron chi connectivity index (χ1n) is 8.86. The van der Waals surface area contributed by atoms with Crippen LogP contribution in [0.4, 0.5) is 0 Å². The number of benzene rings is 1. The minimum Gasteiger partial charge on any atom is -0.419 e. The van der Waals surface area contributed by atoms with Gasteiger partial charge in [-0.15, -0.1) is 10.2 Å². The van der Waals surface area contributed by atoms with E-state index in [0.29, 0.717) is 11.8 Å². The average molecular weight is 337 g/mol. The molecule has 0 radical (unpaired) electrons. The number of likely N-dealkylation sites (tertiary alicyclic amines) is 1. The minimum atomic E-state index is 0.339. The maximum absolute atomic E-state index is 5.91. The number of hydrogen-bond donors (Lipinski definition) is 0. The van der Waals surface area contributed by atoms with E-state index < -0.39 is 0 Å². The van der Waals surface area contributed by atoms with Crippen molar-refractivity contribution in [2.45, 2.75) is 25.2 Å². The fourth-order valence-electron chi connectivity index (χ4n) is 3.46. The Kier molecular flexibility index (Phi) is 4.61. The Morgan fingerprint density at radius 3 is 2.88 bits per heavy atom. The fraction of sp³-hybridized carbons (Fsp3) is 0.421. The summed E-state index contributed by atoms with van der Waals surface area (Å²) in [5.41, 5.74) is 2.27. The third kappa shape index (κ3) is 3.64. The predicted molar refractivity (Wildman–Crippen MR) is 95.1 cm³/mol. The van der Waals surface area contributed by atoms with Crippen molar-refractivity contribution in [2.24, 2.45) is 7.05 Å². The van der Waals surface area contributed by atoms with Crippen LogP contribution in [0.5, 0.6) is 0 Å². The van der Waals surface area contributed by atoms with Crippen LogP contribution in [-0.2, 0) is 13.5 Å². The van der Waals surface area contributed by atoms with Crippen LogP contribution in [0, 0.1) is 0 Å². The number of imidazole rings is 1. The van der Waals surface area contributed by atoms with Crippen LogP contribution in [-0.4, -0.2) is 44.3 Å². The van der Waals surface area contributed by atoms with Gasteiger partial charge in [-0.05, 0) is 37.9 Å². The molecule has 0 N–H and O–H groups in total. The maximum atomic E-state index is 5.91. The first-order valence-corrected chi connectivity index (χ1v) is 8.86. The monoisotopic (exact) mass is 337 g/mol. The summed E-state index contributed by atoms with van der Waals surface area (Å²) in [5, 5.41) is 8.47. The molecule has 0 bridgehead atoms. The van der Waals surface area contributed by atoms with Gasteiger partial charge in [-0.25, -0.2) is 4.98 Å². The summed E-state index contributed by atoms with van der Waals surface area (Å²) in [7, 11) is 1.93. The van der Waals surface area contributed by atoms with Crippen LogP contribution in [0.1, 0.15) is 30.2 Å². The van der Waals surface area contributed by atoms with Gasteiger partial charge in [-0.2, -0.15) is 0 Å². The van der Waals surface area contributed by atoms with Crippen molar-refractivity contribution in [3.8, 4) is 11.6 Å². The van der Waals surface area contributed by atoms with Gasteiger partial charge in [0, 0.05) is 13.6 Å². The van der Waals surface area contributed by atoms with Gasteiger partial charge >= 0.3 is 0 Å². The van der Waals surface area contributed by atoms with Crippen molar-refractivity contribution < 1.29 is 4.42 Å². The topological polar surface area (TPSA) is 60.0 Å². The summed E-state index contributed by atoms with van der Waals surface area (Å²) in [6.45, 7) is 3.22. The molecule has 1 fully saturated rings. The van der Waals surface area contributed by atoms with E-state index in [4.69, 9.17) is 4.42 Å². The van der Waals surface area contributed by atoms with Gasteiger partial charge in [0.15, 0.2) is 0 Å². The maximum Gasteiger partial charge on any atom is 0.265 e. The SMILES string of the molecule is Cn1cncc1-c1nnc([C@H]2CCN(CCCc3ccccc3)C2)o1. The van der Waals surface area contributed by atoms with E-state index in [0.717, 1.165) is 44.1 Å². The van der Waals surface area contributed by atoms with Crippen LogP contribution in [0.3, 0.4) is 0 Å². The molecule has 0 saturated carbocycles. The predicted octanol–water partition coefficient (Wildman–Crippen LogP) is 2.89. The molecule has 1 aliphatic heterocycles. The lowest BCUT2D eigenvalue weighted by atomic mass is 10.1. The van der Waals surface area contributed by atoms with Crippen molar-refractivity contribution in [3.63, 3.8) is 0 Å². The standard InChI is InChI=1S/C19H23N5O/c1-23-14-20-12-17(23)19-22-21-18(25-19)16-9-11-24(13-16)10-5-8-15-6-3-2-4-7-15/h2-4,6-7,12,14,16H,5,8-11,13H2,1H3/t16-/m0/s1. The van der Waals surface area contributed by atoms with Gasteiger partial charge in [-0.1, -0.05) is 30.3 Å². The Morgan fingerprint density at radius 2 is 2.08 bits per heavy atom. The summed E-state index contributed by atoms with van der Waals surface area (Å²) in [6.07, 6.45) is 6.89. The zero-order chi connectivity index (χ0) is 17.1. The van der Waals surface area contributed by atoms with E-state index in [1.54, 1.807) is 12.5 Å². The fourth-order valence-corrected chi connectivity index (χ4v) is 3.46. The largest absolute Gasteiger partial charge is 0.419 e. The molecule has 3 heterocycles. The molecule has 25 heavy (non-hydrogen) atoms. The first-order chi connectivity index (χ1) is 12.3. The summed E-state index contributed by atoms with van der Waals surface area (Å²) >= 11 is 0. The van der Waals surface area contributed by atoms with Gasteiger partial charge in [0.1, 0.15) is 5.69 Å². The van der Waals surface area contributed by atoms with E-state index in [9.17, 15) is 0 Å². The van der Waals surface area contributed by atoms with Crippen molar-refractivity contribution in [1.82, 2.24) is 24.6 Å². The molecule has 1 saturated heterocycles. The number of rotatable bonds is 6. The Balaban J connectivity index is 1.30. The van der Waals surface area contributed by atoms with Crippen molar-refractivity contribution in [1.29, 1.82) is 0 Å². The number of aryl methyl sites for hydroxylation is 2. The zero-order valence-electron chi connectivity index (χ0n) is 14.5. The zero-order valence-corrected chi connectivity index (χ0v) is 14.5. The number of aromatic nitrogens is 4. The van der Waals surface area contributed by atoms with Crippen molar-refractivity contribution in [3.05, 3.63) is 54.3 Å². The highest BCUT2D eigenvalue weighted by Crippen LogP contribution is 2.28. The van der Waals surface area contributed by atoms with Crippen LogP contribution < -0.4 is 0 Å². The molecule has 3 aromatic rings. The molecule has 1 aliphatic rings. The Labute approximate surface area is 147 Å². The van der Waals surface area contributed by atoms with E-state index in [-0.39, 0.29) is 0 Å². The second-order valence-corrected chi connectivity index (χ2v) is 6.71. The second-order valence-electron chi connectivity index (χ2n) is 6.71. The number of hydrogen-bond acceptors (Lipinski definition) is 5. The highest BCUT2D eigenvalue weighted by molar-refractivity contribution is 5.44. The van der Waals surface area contributed by atoms with Gasteiger partial charge in [0.25, 0.3) is 5.89 Å². The molecular weight excluding hydrogens is 314 g/mol. The summed E-state index contributed by atoms with van der Waals surface area (Å²) < 4.78 is 7.80. The highest BCUT2D eigenvalue weighted by atomic mass is 16.4. The van der Waals surface area contributed by atoms with E-state index in [1.165, 1.54) is 12.0 Å². The lowest BCUT2D eigenvalue weighted by molar-refractivity contribution is 0.323. The Hall–Kier alpha value is -2.47. The molecule has 6 nitrogen and oxygen atoms in total. The highest BCUT2D eigenvalue weighted by Gasteiger charge is 2.28. The van der Waals surface area contributed by atoms with E-state index in [1.807, 2.05) is 11.6 Å². The van der Waals surface area contributed by atoms with Crippen LogP contribution in [0.15, 0.2) is 47.3 Å². The lowest BCUT2D eigenvalue weighted by Crippen LogP contribution is -2.22. The average Bonchev–Trinajstić information content (AvgIpc) is 3.35. The van der Waals surface area contributed by atoms with Crippen molar-refractivity contribution in [2.75, 3.05) is 19.6 Å². The van der Waals surface area contributed by atoms with Crippen LogP contribution in [0.2, 0.25) is 0 Å². The smallest absolute Gasteiger partial charge is 0.265 e. The van der Waals surface area contributed by atoms with Gasteiger partial charge in [0.2, 0.25) is 5.89 Å². The molecule has 130 valence electrons. The molecule has 1 aromatic carbocycles. The third-order valence-corrected chi connectivity index (χ3v) is 4.88. The first kappa shape index (κ1) is 16.0. The Morgan fingerprint density at radius 1 is 1.20 bits per heavy atom. The van der Waals surface area contributed by atoms with Gasteiger partial charge in [-0.3, -0.25) is 0 Å². The second kappa shape index (κ2) is 7.19. The molecule has 4 rings (SSSR count). The molecular formula is C19H23N5O. The van der Waals surface area contributed by atoms with E-state index in [2.05, 4.69) is 50.4 Å². The van der Waals surface area contributed by atoms with Crippen LogP contribution >= 0.6 is 0 Å².